The summed E-state index contributed by atoms with van der Waals surface area (Å²) < 4.78 is 6.22. The number of rotatable bonds is 2. The number of nitrogens with zero attached hydrogens (tertiary/aromatic N) is 2. The normalized spacial score (nSPS) is 16.0. The van der Waals surface area contributed by atoms with E-state index in [1.807, 2.05) is 78.9 Å². The third-order valence-corrected chi connectivity index (χ3v) is 14.5. The van der Waals surface area contributed by atoms with Crippen LogP contribution in [-0.2, 0) is 11.3 Å². The van der Waals surface area contributed by atoms with Crippen LogP contribution in [0.5, 0.6) is 0 Å². The number of benzene rings is 13. The van der Waals surface area contributed by atoms with E-state index in [1.54, 1.807) is 4.90 Å². The molecule has 0 spiro atoms. The predicted molar refractivity (Wildman–Crippen MR) is 256 cm³/mol. The summed E-state index contributed by atoms with van der Waals surface area (Å²) in [4.78, 5) is 31.9. The number of amides is 2. The molecule has 0 aliphatic carbocycles. The minimum Gasteiger partial charge on any atom is -0.369 e. The fourth-order valence-electron chi connectivity index (χ4n) is 11.9. The summed E-state index contributed by atoms with van der Waals surface area (Å²) in [6.07, 6.45) is -1.11. The second-order valence-electron chi connectivity index (χ2n) is 17.4. The molecule has 0 bridgehead atoms. The second kappa shape index (κ2) is 11.7. The summed E-state index contributed by atoms with van der Waals surface area (Å²) in [5.74, 6) is -0.272. The quantitative estimate of drug-likeness (QED) is 0.139. The number of fused-ring (bicyclic) bond motifs is 6. The summed E-state index contributed by atoms with van der Waals surface area (Å²) in [6.45, 7) is 0.588. The molecule has 2 amide bonds. The van der Waals surface area contributed by atoms with E-state index in [1.165, 1.54) is 58.8 Å². The monoisotopic (exact) mass is 808 g/mol. The number of hydrogen-bond acceptors (Lipinski definition) is 4. The Bertz CT molecular complexity index is 4060. The Morgan fingerprint density at radius 2 is 0.778 bits per heavy atom. The van der Waals surface area contributed by atoms with E-state index in [-0.39, 0.29) is 18.5 Å². The van der Waals surface area contributed by atoms with Crippen molar-refractivity contribution in [1.29, 1.82) is 0 Å². The van der Waals surface area contributed by atoms with E-state index in [0.29, 0.717) is 23.4 Å². The van der Waals surface area contributed by atoms with E-state index in [4.69, 9.17) is 4.74 Å². The van der Waals surface area contributed by atoms with Gasteiger partial charge in [0.25, 0.3) is 11.8 Å². The number of aliphatic hydroxyl groups excluding tert-OH is 1. The number of ether oxygens (including phenoxy) is 1. The van der Waals surface area contributed by atoms with Gasteiger partial charge in [-0.2, -0.15) is 0 Å². The van der Waals surface area contributed by atoms with Gasteiger partial charge in [0.05, 0.1) is 6.61 Å². The van der Waals surface area contributed by atoms with Gasteiger partial charge in [-0.15, -0.1) is 0 Å². The number of para-hydroxylation sites is 2. The van der Waals surface area contributed by atoms with Crippen molar-refractivity contribution in [1.82, 2.24) is 0 Å². The van der Waals surface area contributed by atoms with Crippen molar-refractivity contribution >= 4 is 131 Å². The molecule has 13 aromatic carbocycles. The molecule has 15 rings (SSSR count). The first-order valence-electron chi connectivity index (χ1n) is 21.5. The summed E-state index contributed by atoms with van der Waals surface area (Å²) in [6, 6.07) is 54.2. The van der Waals surface area contributed by atoms with E-state index >= 15 is 0 Å². The van der Waals surface area contributed by atoms with Crippen LogP contribution in [-0.4, -0.2) is 23.7 Å². The van der Waals surface area contributed by atoms with Crippen LogP contribution in [0.25, 0.3) is 108 Å². The maximum absolute atomic E-state index is 14.4. The summed E-state index contributed by atoms with van der Waals surface area (Å²) >= 11 is 0. The Balaban J connectivity index is 0.993. The lowest BCUT2D eigenvalue weighted by atomic mass is 9.80. The van der Waals surface area contributed by atoms with Gasteiger partial charge in [-0.25, -0.2) is 0 Å². The topological polar surface area (TPSA) is 70.1 Å². The molecule has 13 aromatic rings. The van der Waals surface area contributed by atoms with Crippen molar-refractivity contribution in [3.63, 3.8) is 0 Å². The average molecular weight is 809 g/mol. The maximum atomic E-state index is 14.4. The van der Waals surface area contributed by atoms with Gasteiger partial charge >= 0.3 is 0 Å². The smallest absolute Gasteiger partial charge is 0.261 e. The molecule has 0 aromatic heterocycles. The highest BCUT2D eigenvalue weighted by Gasteiger charge is 2.36. The molecular weight excluding hydrogens is 777 g/mol. The molecule has 6 nitrogen and oxygen atoms in total. The minimum atomic E-state index is -1.11. The molecule has 0 fully saturated rings. The first-order chi connectivity index (χ1) is 31.0. The minimum absolute atomic E-state index is 0.0674. The summed E-state index contributed by atoms with van der Waals surface area (Å²) in [5.41, 5.74) is 4.53. The van der Waals surface area contributed by atoms with E-state index in [2.05, 4.69) is 78.9 Å². The number of carbonyl (C=O) groups excluding carboxylic acids is 2. The van der Waals surface area contributed by atoms with Gasteiger partial charge in [-0.1, -0.05) is 121 Å². The number of aliphatic hydroxyl groups is 1. The molecule has 2 aliphatic rings. The Kier molecular flexibility index (Phi) is 6.28. The highest BCUT2D eigenvalue weighted by Crippen LogP contribution is 2.52. The number of hydrogen-bond donors (Lipinski definition) is 1. The zero-order valence-corrected chi connectivity index (χ0v) is 33.6. The Labute approximate surface area is 358 Å². The van der Waals surface area contributed by atoms with E-state index < -0.39 is 6.23 Å². The van der Waals surface area contributed by atoms with Crippen molar-refractivity contribution in [3.8, 4) is 0 Å². The standard InChI is InChI=1S/C57H32N2O4/c60-55-44-24-21-33-35-14-16-37-39-18-20-41-43-23-26-46-54-45(56(61)59(57(46)62)31-9-5-2-6-10-31)25-22-42(53(43)54)40-19-17-38(51(39)52(40)41)36-15-13-34(49(35)50(36)37)32-12-11-29(47(44)48(32)33)27-63-28-58(55)30-7-3-1-4-8-30/h1-26,57,62H,27-28H2. The van der Waals surface area contributed by atoms with Gasteiger partial charge < -0.3 is 9.84 Å². The van der Waals surface area contributed by atoms with Crippen molar-refractivity contribution in [2.24, 2.45) is 0 Å². The fourth-order valence-corrected chi connectivity index (χ4v) is 11.9. The summed E-state index contributed by atoms with van der Waals surface area (Å²) in [5, 5.41) is 34.5. The van der Waals surface area contributed by atoms with Gasteiger partial charge in [0.15, 0.2) is 6.23 Å². The van der Waals surface area contributed by atoms with Gasteiger partial charge in [0.2, 0.25) is 0 Å². The molecule has 1 N–H and O–H groups in total. The van der Waals surface area contributed by atoms with Crippen LogP contribution in [0.4, 0.5) is 11.4 Å². The molecule has 0 saturated carbocycles. The van der Waals surface area contributed by atoms with Gasteiger partial charge in [0.1, 0.15) is 6.73 Å². The Hall–Kier alpha value is -7.90. The average Bonchev–Trinajstić information content (AvgIpc) is 3.33. The molecule has 6 heteroatoms. The lowest BCUT2D eigenvalue weighted by Crippen LogP contribution is -2.38. The van der Waals surface area contributed by atoms with Crippen LogP contribution in [0.15, 0.2) is 158 Å². The van der Waals surface area contributed by atoms with Crippen molar-refractivity contribution in [2.45, 2.75) is 12.8 Å². The van der Waals surface area contributed by atoms with Crippen molar-refractivity contribution < 1.29 is 19.4 Å². The van der Waals surface area contributed by atoms with Crippen LogP contribution < -0.4 is 9.80 Å². The number of anilines is 2. The molecule has 1 atom stereocenters. The first-order valence-corrected chi connectivity index (χ1v) is 21.5. The van der Waals surface area contributed by atoms with E-state index in [0.717, 1.165) is 70.7 Å². The molecule has 294 valence electrons. The molecule has 2 heterocycles. The molecule has 1 unspecified atom stereocenters. The zero-order chi connectivity index (χ0) is 41.4. The highest BCUT2D eigenvalue weighted by molar-refractivity contribution is 6.46. The van der Waals surface area contributed by atoms with Crippen LogP contribution in [0, 0.1) is 0 Å². The van der Waals surface area contributed by atoms with Gasteiger partial charge in [-0.05, 0) is 139 Å². The molecule has 0 radical (unpaired) electrons. The molecular formula is C57H32N2O4. The highest BCUT2D eigenvalue weighted by atomic mass is 16.5. The lowest BCUT2D eigenvalue weighted by molar-refractivity contribution is 0.0846. The van der Waals surface area contributed by atoms with E-state index in [9.17, 15) is 14.7 Å². The van der Waals surface area contributed by atoms with Crippen molar-refractivity contribution in [2.75, 3.05) is 16.5 Å². The van der Waals surface area contributed by atoms with Crippen LogP contribution in [0.2, 0.25) is 0 Å². The maximum Gasteiger partial charge on any atom is 0.261 e. The summed E-state index contributed by atoms with van der Waals surface area (Å²) in [7, 11) is 0. The lowest BCUT2D eigenvalue weighted by Gasteiger charge is -2.34. The Morgan fingerprint density at radius 3 is 1.27 bits per heavy atom. The van der Waals surface area contributed by atoms with Crippen LogP contribution in [0.1, 0.15) is 38.1 Å². The largest absolute Gasteiger partial charge is 0.369 e. The molecule has 63 heavy (non-hydrogen) atoms. The predicted octanol–water partition coefficient (Wildman–Crippen LogP) is 13.3. The third-order valence-electron chi connectivity index (χ3n) is 14.5. The SMILES string of the molecule is O=C1c2ccc3c4ccc5c6ccc7c8ccc9c%10c(ccc(c%11ccc(c%12ccc(c%13ccc(c2c%133)COCN1c1ccccc1)c4c%125)c6c%117)c%108)C(=O)N(c1ccccc1)C9O. The Morgan fingerprint density at radius 1 is 0.397 bits per heavy atom. The third kappa shape index (κ3) is 4.06. The van der Waals surface area contributed by atoms with Gasteiger partial charge in [0, 0.05) is 38.8 Å². The van der Waals surface area contributed by atoms with Crippen LogP contribution in [0.3, 0.4) is 0 Å². The van der Waals surface area contributed by atoms with Crippen LogP contribution >= 0.6 is 0 Å². The first kappa shape index (κ1) is 33.8. The zero-order valence-electron chi connectivity index (χ0n) is 33.6. The van der Waals surface area contributed by atoms with Crippen molar-refractivity contribution in [3.05, 3.63) is 180 Å². The fraction of sp³-hybridized carbons (Fsp3) is 0.0526. The second-order valence-corrected chi connectivity index (χ2v) is 17.4. The van der Waals surface area contributed by atoms with Gasteiger partial charge in [-0.3, -0.25) is 19.4 Å². The molecule has 2 aliphatic heterocycles. The number of carbonyl (C=O) groups is 2. The molecule has 0 saturated heterocycles.